The van der Waals surface area contributed by atoms with E-state index in [1.807, 2.05) is 26.0 Å². The first kappa shape index (κ1) is 42.0. The molecular weight excluding hydrogens is 790 g/mol. The first-order valence-corrected chi connectivity index (χ1v) is 21.1. The van der Waals surface area contributed by atoms with Crippen LogP contribution in [0, 0.1) is 11.2 Å². The van der Waals surface area contributed by atoms with Gasteiger partial charge in [-0.1, -0.05) is 66.6 Å². The molecule has 3 aliphatic rings. The molecular formula is C42H44ClF4NO6S2. The van der Waals surface area contributed by atoms with Gasteiger partial charge in [-0.2, -0.15) is 4.31 Å². The number of hydrogen-bond donors (Lipinski definition) is 2. The fraction of sp³-hybridized carbons (Fsp3) is 0.405. The highest BCUT2D eigenvalue weighted by atomic mass is 35.5. The first-order chi connectivity index (χ1) is 26.4. The largest absolute Gasteiger partial charge is 0.573 e. The number of nitrogens with zero attached hydrogens (tertiary/aromatic N) is 1. The number of hydrogen-bond acceptors (Lipinski definition) is 7. The van der Waals surface area contributed by atoms with Crippen LogP contribution < -0.4 is 4.74 Å². The quantitative estimate of drug-likeness (QED) is 0.0938. The number of thiophene rings is 1. The van der Waals surface area contributed by atoms with E-state index in [1.165, 1.54) is 40.7 Å². The summed E-state index contributed by atoms with van der Waals surface area (Å²) in [6, 6.07) is 17.7. The normalized spacial score (nSPS) is 23.4. The van der Waals surface area contributed by atoms with Crippen LogP contribution in [-0.2, 0) is 29.4 Å². The Bertz CT molecular complexity index is 2160. The van der Waals surface area contributed by atoms with Gasteiger partial charge in [-0.15, -0.1) is 24.5 Å². The van der Waals surface area contributed by atoms with E-state index in [0.29, 0.717) is 55.2 Å². The SMILES string of the molecule is CC1=CCC[C@@]2(C)[C@@H](CC[C@@]2(O)CN(Cc2ccc(OC(F)(F)F)cc2)S(=O)(=O)c2cccs2)c2ccc(cc2C(=O)Cc2c(F)cccc2Cl)C[C@@H](O)CC1. The van der Waals surface area contributed by atoms with E-state index in [4.69, 9.17) is 11.6 Å². The van der Waals surface area contributed by atoms with E-state index >= 15 is 0 Å². The molecule has 56 heavy (non-hydrogen) atoms. The number of allylic oxidation sites excluding steroid dienone is 2. The van der Waals surface area contributed by atoms with Crippen LogP contribution in [0.15, 0.2) is 94.0 Å². The van der Waals surface area contributed by atoms with Crippen molar-refractivity contribution < 1.29 is 45.7 Å². The molecule has 3 aliphatic carbocycles. The zero-order valence-electron chi connectivity index (χ0n) is 31.0. The summed E-state index contributed by atoms with van der Waals surface area (Å²) >= 11 is 7.36. The molecule has 0 amide bonds. The summed E-state index contributed by atoms with van der Waals surface area (Å²) < 4.78 is 87.4. The molecule has 0 radical (unpaired) electrons. The fourth-order valence-corrected chi connectivity index (χ4v) is 11.1. The Hall–Kier alpha value is -3.59. The van der Waals surface area contributed by atoms with E-state index < -0.39 is 51.0 Å². The van der Waals surface area contributed by atoms with Gasteiger partial charge in [0.2, 0.25) is 0 Å². The van der Waals surface area contributed by atoms with Crippen LogP contribution in [0.5, 0.6) is 5.75 Å². The molecule has 1 heterocycles. The highest BCUT2D eigenvalue weighted by Gasteiger charge is 2.58. The molecule has 3 aromatic carbocycles. The number of aliphatic hydroxyl groups excluding tert-OH is 1. The molecule has 7 nitrogen and oxygen atoms in total. The van der Waals surface area contributed by atoms with Crippen molar-refractivity contribution >= 4 is 38.7 Å². The van der Waals surface area contributed by atoms with Crippen molar-refractivity contribution in [2.75, 3.05) is 6.54 Å². The Morgan fingerprint density at radius 2 is 1.80 bits per heavy atom. The molecule has 1 aromatic heterocycles. The summed E-state index contributed by atoms with van der Waals surface area (Å²) in [6.45, 7) is 3.30. The van der Waals surface area contributed by atoms with Crippen molar-refractivity contribution in [2.45, 2.75) is 100.0 Å². The van der Waals surface area contributed by atoms with E-state index in [9.17, 15) is 41.0 Å². The van der Waals surface area contributed by atoms with Gasteiger partial charge >= 0.3 is 6.36 Å². The Labute approximate surface area is 333 Å². The van der Waals surface area contributed by atoms with E-state index in [0.717, 1.165) is 34.6 Å². The van der Waals surface area contributed by atoms with Crippen LogP contribution in [0.3, 0.4) is 0 Å². The summed E-state index contributed by atoms with van der Waals surface area (Å²) in [4.78, 5) is 14.3. The van der Waals surface area contributed by atoms with Gasteiger partial charge in [0, 0.05) is 41.1 Å². The molecule has 14 heteroatoms. The summed E-state index contributed by atoms with van der Waals surface area (Å²) in [5, 5.41) is 25.6. The maximum atomic E-state index is 15.0. The van der Waals surface area contributed by atoms with Crippen LogP contribution in [-0.4, -0.2) is 53.3 Å². The topological polar surface area (TPSA) is 104 Å². The Morgan fingerprint density at radius 1 is 1.05 bits per heavy atom. The lowest BCUT2D eigenvalue weighted by Crippen LogP contribution is -2.53. The van der Waals surface area contributed by atoms with Gasteiger partial charge in [-0.25, -0.2) is 12.8 Å². The maximum Gasteiger partial charge on any atom is 0.573 e. The lowest BCUT2D eigenvalue weighted by molar-refractivity contribution is -0.274. The summed E-state index contributed by atoms with van der Waals surface area (Å²) in [6.07, 6.45) is -0.944. The first-order valence-electron chi connectivity index (χ1n) is 18.4. The Balaban J connectivity index is 1.42. The molecule has 0 saturated heterocycles. The minimum Gasteiger partial charge on any atom is -0.406 e. The fourth-order valence-electron chi connectivity index (χ4n) is 8.25. The van der Waals surface area contributed by atoms with Crippen molar-refractivity contribution in [3.8, 4) is 5.75 Å². The molecule has 4 aromatic rings. The van der Waals surface area contributed by atoms with Gasteiger partial charge in [0.25, 0.3) is 10.0 Å². The van der Waals surface area contributed by atoms with Crippen LogP contribution in [0.1, 0.15) is 90.9 Å². The number of Topliss-reactive ketones (excluding diaryl/α,β-unsaturated/α-hetero) is 1. The number of ether oxygens (including phenoxy) is 1. The molecule has 1 saturated carbocycles. The second-order valence-corrected chi connectivity index (χ2v) is 18.7. The number of ketones is 1. The second kappa shape index (κ2) is 16.7. The van der Waals surface area contributed by atoms with Gasteiger partial charge < -0.3 is 14.9 Å². The number of sulfonamides is 1. The lowest BCUT2D eigenvalue weighted by Gasteiger charge is -2.46. The van der Waals surface area contributed by atoms with Crippen molar-refractivity contribution in [3.63, 3.8) is 0 Å². The molecule has 2 bridgehead atoms. The summed E-state index contributed by atoms with van der Waals surface area (Å²) in [5.74, 6) is -1.91. The van der Waals surface area contributed by atoms with Crippen molar-refractivity contribution in [2.24, 2.45) is 5.41 Å². The predicted molar refractivity (Wildman–Crippen MR) is 208 cm³/mol. The molecule has 0 aliphatic heterocycles. The third-order valence-electron chi connectivity index (χ3n) is 11.4. The zero-order chi connectivity index (χ0) is 40.5. The monoisotopic (exact) mass is 833 g/mol. The third-order valence-corrected chi connectivity index (χ3v) is 14.9. The molecule has 0 spiro atoms. The molecule has 7 rings (SSSR count). The van der Waals surface area contributed by atoms with Crippen molar-refractivity contribution in [3.05, 3.63) is 128 Å². The Kier molecular flexibility index (Phi) is 12.5. The molecule has 2 N–H and O–H groups in total. The van der Waals surface area contributed by atoms with E-state index in [2.05, 4.69) is 10.8 Å². The van der Waals surface area contributed by atoms with Gasteiger partial charge in [0.15, 0.2) is 5.78 Å². The highest BCUT2D eigenvalue weighted by molar-refractivity contribution is 7.91. The van der Waals surface area contributed by atoms with Gasteiger partial charge in [0.1, 0.15) is 15.8 Å². The van der Waals surface area contributed by atoms with Gasteiger partial charge in [-0.3, -0.25) is 4.79 Å². The third kappa shape index (κ3) is 9.24. The lowest BCUT2D eigenvalue weighted by atomic mass is 9.64. The van der Waals surface area contributed by atoms with Crippen LogP contribution in [0.25, 0.3) is 0 Å². The molecule has 1 fully saturated rings. The van der Waals surface area contributed by atoms with Crippen LogP contribution in [0.4, 0.5) is 17.6 Å². The number of alkyl halides is 3. The summed E-state index contributed by atoms with van der Waals surface area (Å²) in [7, 11) is -4.22. The minimum absolute atomic E-state index is 0.0415. The average molecular weight is 834 g/mol. The number of aliphatic hydroxyl groups is 2. The minimum atomic E-state index is -4.90. The molecule has 300 valence electrons. The standard InChI is InChI=1S/C42H44ClF4NO6S2/c1-27-6-4-19-40(2)35(32-17-13-29(22-30(49)14-10-27)23-33(32)38(50)24-34-36(43)7-3-8-37(34)44)18-20-41(40,51)26-48(56(52,53)39-9-5-21-55-39)25-28-11-15-31(16-12-28)54-42(45,46)47/h3,5-9,11-13,15-17,21,23,30,35,49,51H,4,10,14,18-20,22,24-26H2,1-2H3/t30-,35-,40-,41+/m0/s1. The second-order valence-electron chi connectivity index (χ2n) is 15.1. The average Bonchev–Trinajstić information content (AvgIpc) is 3.76. The highest BCUT2D eigenvalue weighted by Crippen LogP contribution is 2.59. The predicted octanol–water partition coefficient (Wildman–Crippen LogP) is 9.79. The maximum absolute atomic E-state index is 15.0. The zero-order valence-corrected chi connectivity index (χ0v) is 33.4. The van der Waals surface area contributed by atoms with Crippen molar-refractivity contribution in [1.82, 2.24) is 4.31 Å². The number of benzene rings is 3. The number of halogens is 5. The number of fused-ring (bicyclic) bond motifs is 8. The summed E-state index contributed by atoms with van der Waals surface area (Å²) in [5.41, 5.74) is 0.505. The number of carbonyl (C=O) groups excluding carboxylic acids is 1. The van der Waals surface area contributed by atoms with E-state index in [-0.39, 0.29) is 46.5 Å². The molecule has 4 atom stereocenters. The molecule has 0 unspecified atom stereocenters. The van der Waals surface area contributed by atoms with Gasteiger partial charge in [-0.05, 0) is 116 Å². The van der Waals surface area contributed by atoms with E-state index in [1.54, 1.807) is 17.5 Å². The van der Waals surface area contributed by atoms with Crippen LogP contribution >= 0.6 is 22.9 Å². The Morgan fingerprint density at radius 3 is 2.48 bits per heavy atom. The van der Waals surface area contributed by atoms with Crippen molar-refractivity contribution in [1.29, 1.82) is 0 Å². The smallest absolute Gasteiger partial charge is 0.406 e. The number of carbonyl (C=O) groups is 1. The van der Waals surface area contributed by atoms with Gasteiger partial charge in [0.05, 0.1) is 11.7 Å². The number of rotatable bonds is 10. The van der Waals surface area contributed by atoms with Crippen LogP contribution in [0.2, 0.25) is 5.02 Å².